The van der Waals surface area contributed by atoms with Gasteiger partial charge < -0.3 is 19.5 Å². The Bertz CT molecular complexity index is 810. The molecule has 0 spiro atoms. The van der Waals surface area contributed by atoms with Gasteiger partial charge in [-0.25, -0.2) is 0 Å². The molecule has 136 valence electrons. The van der Waals surface area contributed by atoms with Gasteiger partial charge >= 0.3 is 0 Å². The molecule has 2 aliphatic heterocycles. The first kappa shape index (κ1) is 17.2. The summed E-state index contributed by atoms with van der Waals surface area (Å²) in [6.45, 7) is 2.09. The Balaban J connectivity index is 1.32. The van der Waals surface area contributed by atoms with Crippen molar-refractivity contribution >= 4 is 17.7 Å². The molecule has 0 bridgehead atoms. The van der Waals surface area contributed by atoms with Crippen LogP contribution in [-0.2, 0) is 11.3 Å². The third kappa shape index (κ3) is 3.66. The second kappa shape index (κ2) is 7.60. The number of benzene rings is 2. The van der Waals surface area contributed by atoms with Gasteiger partial charge in [-0.05, 0) is 29.3 Å². The number of hydrogen-bond donors (Lipinski definition) is 1. The van der Waals surface area contributed by atoms with Gasteiger partial charge in [0, 0.05) is 23.6 Å². The number of ether oxygens (including phenoxy) is 2. The standard InChI is InChI=1S/C20H21NO4S/c22-17-13-21(12-14-3-1-2-4-16(14)17)20(23)7-10-26-15-5-6-18-19(11-15)25-9-8-24-18/h1-6,11,17,22H,7-10,12-13H2/t17-/m0/s1. The number of nitrogens with zero attached hydrogens (tertiary/aromatic N) is 1. The molecule has 2 heterocycles. The Hall–Kier alpha value is -2.18. The van der Waals surface area contributed by atoms with Gasteiger partial charge in [-0.1, -0.05) is 24.3 Å². The van der Waals surface area contributed by atoms with E-state index in [0.717, 1.165) is 27.5 Å². The minimum atomic E-state index is -0.602. The molecule has 6 heteroatoms. The maximum atomic E-state index is 12.5. The molecule has 4 rings (SSSR count). The number of carbonyl (C=O) groups is 1. The molecule has 5 nitrogen and oxygen atoms in total. The summed E-state index contributed by atoms with van der Waals surface area (Å²) in [5.74, 6) is 2.30. The molecule has 0 fully saturated rings. The normalized spacial score (nSPS) is 18.3. The summed E-state index contributed by atoms with van der Waals surface area (Å²) in [5.41, 5.74) is 1.96. The lowest BCUT2D eigenvalue weighted by molar-refractivity contribution is -0.133. The summed E-state index contributed by atoms with van der Waals surface area (Å²) in [6, 6.07) is 13.6. The minimum absolute atomic E-state index is 0.0728. The third-order valence-electron chi connectivity index (χ3n) is 4.62. The van der Waals surface area contributed by atoms with Crippen molar-refractivity contribution in [3.8, 4) is 11.5 Å². The first-order valence-corrected chi connectivity index (χ1v) is 9.75. The smallest absolute Gasteiger partial charge is 0.223 e. The van der Waals surface area contributed by atoms with Crippen molar-refractivity contribution in [1.29, 1.82) is 0 Å². The van der Waals surface area contributed by atoms with E-state index in [9.17, 15) is 9.90 Å². The fourth-order valence-corrected chi connectivity index (χ4v) is 4.17. The summed E-state index contributed by atoms with van der Waals surface area (Å²) >= 11 is 1.63. The van der Waals surface area contributed by atoms with E-state index in [2.05, 4.69) is 0 Å². The Kier molecular flexibility index (Phi) is 5.04. The minimum Gasteiger partial charge on any atom is -0.486 e. The van der Waals surface area contributed by atoms with Crippen LogP contribution in [0.5, 0.6) is 11.5 Å². The van der Waals surface area contributed by atoms with Gasteiger partial charge in [0.05, 0.1) is 12.6 Å². The van der Waals surface area contributed by atoms with E-state index in [1.54, 1.807) is 16.7 Å². The van der Waals surface area contributed by atoms with Crippen LogP contribution < -0.4 is 9.47 Å². The molecule has 2 aromatic carbocycles. The van der Waals surface area contributed by atoms with Crippen LogP contribution in [0.2, 0.25) is 0 Å². The SMILES string of the molecule is O=C(CCSc1ccc2c(c1)OCCO2)N1Cc2ccccc2[C@@H](O)C1. The Morgan fingerprint density at radius 3 is 2.85 bits per heavy atom. The summed E-state index contributed by atoms with van der Waals surface area (Å²) in [4.78, 5) is 15.3. The van der Waals surface area contributed by atoms with E-state index < -0.39 is 6.10 Å². The van der Waals surface area contributed by atoms with Crippen LogP contribution in [0.4, 0.5) is 0 Å². The highest BCUT2D eigenvalue weighted by Crippen LogP contribution is 2.34. The van der Waals surface area contributed by atoms with E-state index >= 15 is 0 Å². The highest BCUT2D eigenvalue weighted by Gasteiger charge is 2.26. The van der Waals surface area contributed by atoms with E-state index in [1.807, 2.05) is 42.5 Å². The van der Waals surface area contributed by atoms with E-state index in [0.29, 0.717) is 38.5 Å². The molecule has 0 saturated carbocycles. The number of thioether (sulfide) groups is 1. The maximum Gasteiger partial charge on any atom is 0.223 e. The van der Waals surface area contributed by atoms with Gasteiger partial charge in [0.2, 0.25) is 5.91 Å². The highest BCUT2D eigenvalue weighted by atomic mass is 32.2. The number of carbonyl (C=O) groups excluding carboxylic acids is 1. The first-order chi connectivity index (χ1) is 12.7. The first-order valence-electron chi connectivity index (χ1n) is 8.77. The molecule has 1 atom stereocenters. The lowest BCUT2D eigenvalue weighted by Crippen LogP contribution is -2.38. The average Bonchev–Trinajstić information content (AvgIpc) is 2.68. The molecule has 26 heavy (non-hydrogen) atoms. The summed E-state index contributed by atoms with van der Waals surface area (Å²) in [5, 5.41) is 10.3. The molecule has 1 N–H and O–H groups in total. The number of amides is 1. The predicted molar refractivity (Wildman–Crippen MR) is 99.6 cm³/mol. The molecule has 0 aliphatic carbocycles. The zero-order valence-electron chi connectivity index (χ0n) is 14.4. The van der Waals surface area contributed by atoms with E-state index in [1.165, 1.54) is 0 Å². The van der Waals surface area contributed by atoms with Crippen LogP contribution in [0, 0.1) is 0 Å². The zero-order valence-corrected chi connectivity index (χ0v) is 15.2. The van der Waals surface area contributed by atoms with Crippen molar-refractivity contribution in [3.05, 3.63) is 53.6 Å². The fourth-order valence-electron chi connectivity index (χ4n) is 3.30. The van der Waals surface area contributed by atoms with Gasteiger partial charge in [0.15, 0.2) is 11.5 Å². The Labute approximate surface area is 156 Å². The van der Waals surface area contributed by atoms with Crippen molar-refractivity contribution in [1.82, 2.24) is 4.90 Å². The number of aliphatic hydroxyl groups is 1. The van der Waals surface area contributed by atoms with Crippen molar-refractivity contribution in [2.45, 2.75) is 24.0 Å². The van der Waals surface area contributed by atoms with Gasteiger partial charge in [-0.15, -0.1) is 11.8 Å². The molecule has 0 unspecified atom stereocenters. The molecule has 0 radical (unpaired) electrons. The summed E-state index contributed by atoms with van der Waals surface area (Å²) in [6.07, 6.45) is -0.164. The predicted octanol–water partition coefficient (Wildman–Crippen LogP) is 3.02. The molecular formula is C20H21NO4S. The monoisotopic (exact) mass is 371 g/mol. The fraction of sp³-hybridized carbons (Fsp3) is 0.350. The van der Waals surface area contributed by atoms with Crippen molar-refractivity contribution in [2.75, 3.05) is 25.5 Å². The van der Waals surface area contributed by atoms with Gasteiger partial charge in [-0.2, -0.15) is 0 Å². The highest BCUT2D eigenvalue weighted by molar-refractivity contribution is 7.99. The third-order valence-corrected chi connectivity index (χ3v) is 5.62. The van der Waals surface area contributed by atoms with E-state index in [-0.39, 0.29) is 5.91 Å². The van der Waals surface area contributed by atoms with Crippen molar-refractivity contribution in [2.24, 2.45) is 0 Å². The summed E-state index contributed by atoms with van der Waals surface area (Å²) in [7, 11) is 0. The lowest BCUT2D eigenvalue weighted by atomic mass is 9.97. The van der Waals surface area contributed by atoms with Crippen molar-refractivity contribution in [3.63, 3.8) is 0 Å². The van der Waals surface area contributed by atoms with Crippen molar-refractivity contribution < 1.29 is 19.4 Å². The quantitative estimate of drug-likeness (QED) is 0.838. The molecule has 1 amide bonds. The van der Waals surface area contributed by atoms with Gasteiger partial charge in [-0.3, -0.25) is 4.79 Å². The van der Waals surface area contributed by atoms with Gasteiger partial charge in [0.25, 0.3) is 0 Å². The van der Waals surface area contributed by atoms with Crippen LogP contribution in [-0.4, -0.2) is 41.4 Å². The number of hydrogen-bond acceptors (Lipinski definition) is 5. The lowest BCUT2D eigenvalue weighted by Gasteiger charge is -2.32. The second-order valence-corrected chi connectivity index (χ2v) is 7.56. The topological polar surface area (TPSA) is 59.0 Å². The van der Waals surface area contributed by atoms with Gasteiger partial charge in [0.1, 0.15) is 13.2 Å². The average molecular weight is 371 g/mol. The largest absolute Gasteiger partial charge is 0.486 e. The molecule has 0 aromatic heterocycles. The number of β-amino-alcohol motifs (C(OH)–C–C–N with tert-alkyl or cyclic N) is 1. The Morgan fingerprint density at radius 1 is 1.15 bits per heavy atom. The zero-order chi connectivity index (χ0) is 17.9. The molecule has 2 aliphatic rings. The number of fused-ring (bicyclic) bond motifs is 2. The van der Waals surface area contributed by atoms with Crippen LogP contribution >= 0.6 is 11.8 Å². The van der Waals surface area contributed by atoms with Crippen LogP contribution in [0.15, 0.2) is 47.4 Å². The maximum absolute atomic E-state index is 12.5. The van der Waals surface area contributed by atoms with E-state index in [4.69, 9.17) is 9.47 Å². The van der Waals surface area contributed by atoms with Crippen LogP contribution in [0.3, 0.4) is 0 Å². The summed E-state index contributed by atoms with van der Waals surface area (Å²) < 4.78 is 11.1. The second-order valence-electron chi connectivity index (χ2n) is 6.39. The molecule has 0 saturated heterocycles. The Morgan fingerprint density at radius 2 is 1.96 bits per heavy atom. The number of aliphatic hydroxyl groups excluding tert-OH is 1. The van der Waals surface area contributed by atoms with Crippen LogP contribution in [0.1, 0.15) is 23.7 Å². The molecular weight excluding hydrogens is 350 g/mol. The molecule has 2 aromatic rings. The van der Waals surface area contributed by atoms with Crippen LogP contribution in [0.25, 0.3) is 0 Å². The number of rotatable bonds is 4.